The Bertz CT molecular complexity index is 1470. The van der Waals surface area contributed by atoms with Gasteiger partial charge in [0, 0.05) is 23.9 Å². The summed E-state index contributed by atoms with van der Waals surface area (Å²) in [5.74, 6) is -0.372. The summed E-state index contributed by atoms with van der Waals surface area (Å²) < 4.78 is 38.8. The number of fused-ring (bicyclic) bond motifs is 1. The van der Waals surface area contributed by atoms with Crippen molar-refractivity contribution in [2.24, 2.45) is 0 Å². The van der Waals surface area contributed by atoms with Crippen LogP contribution in [0.15, 0.2) is 85.1 Å². The van der Waals surface area contributed by atoms with Gasteiger partial charge in [0.15, 0.2) is 0 Å². The highest BCUT2D eigenvalue weighted by Crippen LogP contribution is 2.33. The van der Waals surface area contributed by atoms with E-state index in [4.69, 9.17) is 0 Å². The molecule has 180 valence electrons. The first-order valence-electron chi connectivity index (χ1n) is 11.6. The van der Waals surface area contributed by atoms with Crippen molar-refractivity contribution in [3.63, 3.8) is 0 Å². The Balaban J connectivity index is 1.30. The van der Waals surface area contributed by atoms with Gasteiger partial charge in [0.1, 0.15) is 0 Å². The minimum Gasteiger partial charge on any atom is -0.326 e. The topological polar surface area (TPSA) is 42.0 Å². The molecule has 0 spiro atoms. The molecule has 5 rings (SSSR count). The third-order valence-corrected chi connectivity index (χ3v) is 6.34. The summed E-state index contributed by atoms with van der Waals surface area (Å²) in [6.07, 6.45) is 0.459. The number of anilines is 1. The summed E-state index contributed by atoms with van der Waals surface area (Å²) in [6, 6.07) is 22.9. The molecule has 1 heterocycles. The fraction of sp³-hybridized carbons (Fsp3) is 0.133. The van der Waals surface area contributed by atoms with Crippen LogP contribution in [0.1, 0.15) is 33.5 Å². The van der Waals surface area contributed by atoms with Crippen LogP contribution in [-0.4, -0.2) is 10.9 Å². The van der Waals surface area contributed by atoms with E-state index in [9.17, 15) is 18.0 Å². The van der Waals surface area contributed by atoms with E-state index in [1.807, 2.05) is 49.5 Å². The molecular formula is C30H23F3N2O. The van der Waals surface area contributed by atoms with Gasteiger partial charge in [-0.1, -0.05) is 54.6 Å². The molecular weight excluding hydrogens is 461 g/mol. The Morgan fingerprint density at radius 1 is 0.917 bits per heavy atom. The number of nitrogens with one attached hydrogen (secondary N) is 1. The maximum atomic E-state index is 12.9. The Hall–Kier alpha value is -4.19. The molecule has 1 aromatic heterocycles. The van der Waals surface area contributed by atoms with Crippen LogP contribution in [-0.2, 0) is 23.8 Å². The zero-order chi connectivity index (χ0) is 25.3. The predicted octanol–water partition coefficient (Wildman–Crippen LogP) is 7.35. The van der Waals surface area contributed by atoms with Gasteiger partial charge in [-0.05, 0) is 70.7 Å². The monoisotopic (exact) mass is 484 g/mol. The van der Waals surface area contributed by atoms with Crippen molar-refractivity contribution in [1.29, 1.82) is 0 Å². The lowest BCUT2D eigenvalue weighted by atomic mass is 9.98. The minimum atomic E-state index is -4.46. The quantitative estimate of drug-likeness (QED) is 0.322. The number of nitrogens with zero attached hydrogens (tertiary/aromatic N) is 1. The number of halogens is 3. The molecule has 6 heteroatoms. The van der Waals surface area contributed by atoms with Crippen LogP contribution >= 0.6 is 0 Å². The smallest absolute Gasteiger partial charge is 0.326 e. The number of rotatable bonds is 5. The molecule has 1 aliphatic rings. The number of hydrogen-bond donors (Lipinski definition) is 1. The van der Waals surface area contributed by atoms with Crippen molar-refractivity contribution < 1.29 is 18.0 Å². The lowest BCUT2D eigenvalue weighted by molar-refractivity contribution is -0.137. The summed E-state index contributed by atoms with van der Waals surface area (Å²) in [4.78, 5) is 17.2. The fourth-order valence-corrected chi connectivity index (χ4v) is 4.42. The van der Waals surface area contributed by atoms with Gasteiger partial charge >= 0.3 is 6.18 Å². The zero-order valence-corrected chi connectivity index (χ0v) is 19.6. The second-order valence-corrected chi connectivity index (χ2v) is 8.92. The van der Waals surface area contributed by atoms with E-state index in [0.29, 0.717) is 0 Å². The van der Waals surface area contributed by atoms with Crippen LogP contribution < -0.4 is 5.32 Å². The Kier molecular flexibility index (Phi) is 6.18. The molecule has 4 aromatic rings. The maximum absolute atomic E-state index is 12.9. The number of carbonyl (C=O) groups is 1. The van der Waals surface area contributed by atoms with Gasteiger partial charge in [0.05, 0.1) is 17.7 Å². The van der Waals surface area contributed by atoms with Gasteiger partial charge in [-0.3, -0.25) is 9.78 Å². The van der Waals surface area contributed by atoms with E-state index in [1.54, 1.807) is 0 Å². The fourth-order valence-electron chi connectivity index (χ4n) is 4.42. The second kappa shape index (κ2) is 9.46. The number of aryl methyl sites for hydroxylation is 1. The molecule has 0 unspecified atom stereocenters. The molecule has 1 amide bonds. The normalized spacial score (nSPS) is 12.7. The summed E-state index contributed by atoms with van der Waals surface area (Å²) in [7, 11) is 0. The first kappa shape index (κ1) is 23.5. The number of hydrogen-bond acceptors (Lipinski definition) is 2. The molecule has 3 aromatic carbocycles. The molecule has 0 atom stereocenters. The van der Waals surface area contributed by atoms with Crippen molar-refractivity contribution in [2.75, 3.05) is 5.32 Å². The van der Waals surface area contributed by atoms with Crippen LogP contribution in [0.5, 0.6) is 0 Å². The van der Waals surface area contributed by atoms with Crippen LogP contribution in [0.4, 0.5) is 18.9 Å². The average molecular weight is 485 g/mol. The second-order valence-electron chi connectivity index (χ2n) is 8.92. The third-order valence-electron chi connectivity index (χ3n) is 6.34. The van der Waals surface area contributed by atoms with E-state index in [2.05, 4.69) is 34.6 Å². The van der Waals surface area contributed by atoms with Gasteiger partial charge in [-0.2, -0.15) is 13.2 Å². The molecule has 1 N–H and O–H groups in total. The van der Waals surface area contributed by atoms with Crippen molar-refractivity contribution in [3.05, 3.63) is 119 Å². The molecule has 0 radical (unpaired) electrons. The number of aromatic nitrogens is 1. The number of carbonyl (C=O) groups excluding carboxylic acids is 1. The molecule has 36 heavy (non-hydrogen) atoms. The Morgan fingerprint density at radius 3 is 2.47 bits per heavy atom. The number of amides is 1. The van der Waals surface area contributed by atoms with E-state index in [1.165, 1.54) is 23.3 Å². The summed E-state index contributed by atoms with van der Waals surface area (Å²) >= 11 is 0. The standard InChI is InChI=1S/C30H23F3N2O/c1-19-12-22(25-14-24-13-23(15-28(24)34-18-25)20-6-3-2-4-7-20)11-10-21(19)16-29(36)35-27-9-5-8-26(17-27)30(31,32)33/h2-14,17-18H,15-16H2,1H3,(H,35,36). The van der Waals surface area contributed by atoms with Gasteiger partial charge in [-0.25, -0.2) is 0 Å². The number of pyridine rings is 1. The molecule has 0 fully saturated rings. The van der Waals surface area contributed by atoms with Gasteiger partial charge in [0.2, 0.25) is 5.91 Å². The lowest BCUT2D eigenvalue weighted by Gasteiger charge is -2.12. The van der Waals surface area contributed by atoms with Crippen LogP contribution in [0.3, 0.4) is 0 Å². The van der Waals surface area contributed by atoms with E-state index >= 15 is 0 Å². The Morgan fingerprint density at radius 2 is 1.72 bits per heavy atom. The SMILES string of the molecule is Cc1cc(-c2cnc3c(c2)C=C(c2ccccc2)C3)ccc1CC(=O)Nc1cccc(C(F)(F)F)c1. The van der Waals surface area contributed by atoms with Crippen molar-refractivity contribution in [1.82, 2.24) is 4.98 Å². The van der Waals surface area contributed by atoms with Crippen LogP contribution in [0, 0.1) is 6.92 Å². The van der Waals surface area contributed by atoms with Crippen molar-refractivity contribution >= 4 is 23.2 Å². The number of alkyl halides is 3. The number of benzene rings is 3. The first-order valence-corrected chi connectivity index (χ1v) is 11.6. The lowest BCUT2D eigenvalue weighted by Crippen LogP contribution is -2.16. The predicted molar refractivity (Wildman–Crippen MR) is 136 cm³/mol. The molecule has 1 aliphatic carbocycles. The largest absolute Gasteiger partial charge is 0.416 e. The highest BCUT2D eigenvalue weighted by molar-refractivity contribution is 5.93. The first-order chi connectivity index (χ1) is 17.3. The maximum Gasteiger partial charge on any atom is 0.416 e. The van der Waals surface area contributed by atoms with Gasteiger partial charge < -0.3 is 5.32 Å². The van der Waals surface area contributed by atoms with Crippen molar-refractivity contribution in [3.8, 4) is 11.1 Å². The summed E-state index contributed by atoms with van der Waals surface area (Å²) in [6.45, 7) is 1.92. The third kappa shape index (κ3) is 5.08. The average Bonchev–Trinajstić information content (AvgIpc) is 3.29. The molecule has 0 aliphatic heterocycles. The van der Waals surface area contributed by atoms with Crippen LogP contribution in [0.25, 0.3) is 22.8 Å². The van der Waals surface area contributed by atoms with E-state index in [0.717, 1.165) is 52.1 Å². The summed E-state index contributed by atoms with van der Waals surface area (Å²) in [5, 5.41) is 2.57. The molecule has 0 bridgehead atoms. The van der Waals surface area contributed by atoms with E-state index in [-0.39, 0.29) is 18.0 Å². The minimum absolute atomic E-state index is 0.0635. The zero-order valence-electron chi connectivity index (χ0n) is 19.6. The highest BCUT2D eigenvalue weighted by atomic mass is 19.4. The highest BCUT2D eigenvalue weighted by Gasteiger charge is 2.30. The Labute approximate surface area is 207 Å². The number of allylic oxidation sites excluding steroid dienone is 1. The van der Waals surface area contributed by atoms with Gasteiger partial charge in [0.25, 0.3) is 0 Å². The van der Waals surface area contributed by atoms with E-state index < -0.39 is 11.7 Å². The summed E-state index contributed by atoms with van der Waals surface area (Å²) in [5.41, 5.74) is 7.64. The van der Waals surface area contributed by atoms with Crippen molar-refractivity contribution in [2.45, 2.75) is 25.9 Å². The van der Waals surface area contributed by atoms with Gasteiger partial charge in [-0.15, -0.1) is 0 Å². The molecule has 0 saturated heterocycles. The molecule has 0 saturated carbocycles. The molecule has 3 nitrogen and oxygen atoms in total. The van der Waals surface area contributed by atoms with Crippen LogP contribution in [0.2, 0.25) is 0 Å².